The largest absolute Gasteiger partial charge is 0.508 e. The van der Waals surface area contributed by atoms with Gasteiger partial charge < -0.3 is 57.1 Å². The van der Waals surface area contributed by atoms with Crippen LogP contribution in [-0.4, -0.2) is 79.9 Å². The number of ether oxygens (including phenoxy) is 2. The van der Waals surface area contributed by atoms with Crippen molar-refractivity contribution in [3.63, 3.8) is 0 Å². The summed E-state index contributed by atoms with van der Waals surface area (Å²) in [6.07, 6.45) is 3.99. The third kappa shape index (κ3) is 9.75. The molecule has 2 fully saturated rings. The van der Waals surface area contributed by atoms with E-state index in [1.807, 2.05) is 51.1 Å². The fourth-order valence-electron chi connectivity index (χ4n) is 10.1. The second-order valence-electron chi connectivity index (χ2n) is 18.7. The van der Waals surface area contributed by atoms with Crippen LogP contribution in [0.15, 0.2) is 84.9 Å². The Hall–Kier alpha value is -6.23. The van der Waals surface area contributed by atoms with Crippen LogP contribution >= 0.6 is 12.2 Å². The molecule has 10 N–H and O–H groups in total. The first-order valence-electron chi connectivity index (χ1n) is 22.2. The molecule has 4 aromatic carbocycles. The van der Waals surface area contributed by atoms with Gasteiger partial charge in [0.2, 0.25) is 17.7 Å². The average Bonchev–Trinajstić information content (AvgIpc) is 3.53. The molecule has 7 unspecified atom stereocenters. The molecule has 1 aliphatic carbocycles. The number of aromatic hydroxyl groups is 2. The highest BCUT2D eigenvalue weighted by Gasteiger charge is 2.54. The number of esters is 1. The number of amides is 3. The van der Waals surface area contributed by atoms with Crippen molar-refractivity contribution in [2.24, 2.45) is 17.6 Å². The van der Waals surface area contributed by atoms with Crippen molar-refractivity contribution in [2.75, 3.05) is 5.32 Å². The zero-order valence-corrected chi connectivity index (χ0v) is 37.4. The van der Waals surface area contributed by atoms with Gasteiger partial charge in [-0.15, -0.1) is 0 Å². The highest BCUT2D eigenvalue weighted by Crippen LogP contribution is 2.57. The number of phenolic OH excluding ortho intramolecular Hbond substituents is 2. The van der Waals surface area contributed by atoms with Crippen LogP contribution in [0.1, 0.15) is 98.3 Å². The number of primary amides is 1. The molecule has 4 aromatic rings. The first kappa shape index (κ1) is 45.3. The minimum atomic E-state index is -1.46. The van der Waals surface area contributed by atoms with Crippen molar-refractivity contribution in [3.8, 4) is 23.0 Å². The lowest BCUT2D eigenvalue weighted by Gasteiger charge is -2.46. The number of aliphatic hydroxyl groups is 1. The summed E-state index contributed by atoms with van der Waals surface area (Å²) in [5.74, 6) is -1.15. The van der Waals surface area contributed by atoms with Crippen molar-refractivity contribution < 1.29 is 44.0 Å². The molecule has 4 aliphatic rings. The van der Waals surface area contributed by atoms with Gasteiger partial charge >= 0.3 is 5.97 Å². The summed E-state index contributed by atoms with van der Waals surface area (Å²) in [6, 6.07) is 20.8. The second-order valence-corrected chi connectivity index (χ2v) is 19.1. The SMILES string of the molecule is CC(C)(C)NC(=O)C1CC2CCCCC2C(CC(O)C(Cc2ccccc2)NC(=O)C(CC(N)=O)NC(=S)Nc2ccc3c(c2)C(=O)OC32c3ccc(O)cc3Oc3cc(O)ccc32)N1. The third-order valence-corrected chi connectivity index (χ3v) is 13.1. The number of anilines is 1. The lowest BCUT2D eigenvalue weighted by atomic mass is 9.68. The highest BCUT2D eigenvalue weighted by atomic mass is 32.1. The molecule has 1 saturated carbocycles. The molecule has 0 radical (unpaired) electrons. The molecule has 15 nitrogen and oxygen atoms in total. The summed E-state index contributed by atoms with van der Waals surface area (Å²) in [5.41, 5.74) is 6.66. The Balaban J connectivity index is 1.00. The molecule has 342 valence electrons. The van der Waals surface area contributed by atoms with Crippen LogP contribution in [0.2, 0.25) is 0 Å². The summed E-state index contributed by atoms with van der Waals surface area (Å²) >= 11 is 5.66. The number of nitrogens with one attached hydrogen (secondary N) is 5. The minimum absolute atomic E-state index is 0.0467. The van der Waals surface area contributed by atoms with Crippen molar-refractivity contribution in [2.45, 2.75) is 114 Å². The normalized spacial score (nSPS) is 21.7. The molecule has 8 rings (SSSR count). The Bertz CT molecular complexity index is 2440. The van der Waals surface area contributed by atoms with Gasteiger partial charge in [-0.25, -0.2) is 4.79 Å². The van der Waals surface area contributed by atoms with Gasteiger partial charge in [0.25, 0.3) is 0 Å². The average molecular weight is 905 g/mol. The van der Waals surface area contributed by atoms with Gasteiger partial charge in [-0.1, -0.05) is 55.7 Å². The second kappa shape index (κ2) is 18.3. The summed E-state index contributed by atoms with van der Waals surface area (Å²) < 4.78 is 12.2. The summed E-state index contributed by atoms with van der Waals surface area (Å²) in [5, 5.41) is 48.2. The monoisotopic (exact) mass is 904 g/mol. The number of aliphatic hydroxyl groups excluding tert-OH is 1. The Morgan fingerprint density at radius 3 is 2.23 bits per heavy atom. The van der Waals surface area contributed by atoms with E-state index in [9.17, 15) is 34.5 Å². The van der Waals surface area contributed by atoms with Crippen LogP contribution < -0.4 is 37.1 Å². The van der Waals surface area contributed by atoms with Crippen molar-refractivity contribution in [3.05, 3.63) is 113 Å². The van der Waals surface area contributed by atoms with Crippen LogP contribution in [0.25, 0.3) is 0 Å². The van der Waals surface area contributed by atoms with E-state index in [2.05, 4.69) is 26.6 Å². The van der Waals surface area contributed by atoms with Gasteiger partial charge in [-0.2, -0.15) is 0 Å². The van der Waals surface area contributed by atoms with Crippen LogP contribution in [-0.2, 0) is 31.1 Å². The first-order valence-corrected chi connectivity index (χ1v) is 22.6. The number of piperidine rings is 1. The van der Waals surface area contributed by atoms with Gasteiger partial charge in [-0.05, 0) is 112 Å². The standard InChI is InChI=1S/C49H56N6O9S/c1-48(2,3)55-45(61)38-20-27-11-7-8-12-31(27)36(52-38)24-40(58)37(19-26-9-5-4-6-10-26)53-44(60)39(25-43(50)59)54-47(65)51-28-13-16-33-32(21-28)46(62)64-49(33)34-17-14-29(56)22-41(34)63-42-23-30(57)15-18-35(42)49/h4-6,9-10,13-18,21-23,27,31,36-40,52,56-58H,7-8,11-12,19-20,24-25H2,1-3H3,(H2,50,59)(H,53,60)(H,55,61)(H2,51,54,65). The Morgan fingerprint density at radius 1 is 0.908 bits per heavy atom. The zero-order valence-electron chi connectivity index (χ0n) is 36.6. The number of carbonyl (C=O) groups is 4. The van der Waals surface area contributed by atoms with Gasteiger partial charge in [0.1, 0.15) is 29.0 Å². The fourth-order valence-corrected chi connectivity index (χ4v) is 10.3. The number of carbonyl (C=O) groups excluding carboxylic acids is 4. The van der Waals surface area contributed by atoms with E-state index < -0.39 is 59.6 Å². The molecule has 0 aromatic heterocycles. The molecular formula is C49H56N6O9S. The smallest absolute Gasteiger partial charge is 0.340 e. The molecule has 1 spiro atoms. The lowest BCUT2D eigenvalue weighted by molar-refractivity contribution is -0.128. The van der Waals surface area contributed by atoms with E-state index in [1.165, 1.54) is 24.3 Å². The number of thiocarbonyl (C=S) groups is 1. The van der Waals surface area contributed by atoms with Crippen molar-refractivity contribution in [1.29, 1.82) is 0 Å². The predicted octanol–water partition coefficient (Wildman–Crippen LogP) is 5.13. The summed E-state index contributed by atoms with van der Waals surface area (Å²) in [6.45, 7) is 5.85. The number of benzene rings is 4. The van der Waals surface area contributed by atoms with Gasteiger partial charge in [0, 0.05) is 46.1 Å². The van der Waals surface area contributed by atoms with Crippen LogP contribution in [0.5, 0.6) is 23.0 Å². The number of hydrogen-bond acceptors (Lipinski definition) is 11. The maximum Gasteiger partial charge on any atom is 0.340 e. The molecule has 7 atom stereocenters. The van der Waals surface area contributed by atoms with E-state index in [4.69, 9.17) is 27.4 Å². The first-order chi connectivity index (χ1) is 31.0. The molecule has 3 heterocycles. The highest BCUT2D eigenvalue weighted by molar-refractivity contribution is 7.80. The van der Waals surface area contributed by atoms with E-state index in [0.717, 1.165) is 37.7 Å². The maximum absolute atomic E-state index is 14.2. The number of nitrogens with two attached hydrogens (primary N) is 1. The predicted molar refractivity (Wildman–Crippen MR) is 246 cm³/mol. The third-order valence-electron chi connectivity index (χ3n) is 12.9. The molecule has 16 heteroatoms. The van der Waals surface area contributed by atoms with E-state index in [-0.39, 0.29) is 64.4 Å². The van der Waals surface area contributed by atoms with E-state index >= 15 is 0 Å². The van der Waals surface area contributed by atoms with E-state index in [0.29, 0.717) is 28.3 Å². The Kier molecular flexibility index (Phi) is 12.8. The number of phenols is 2. The number of hydrogen-bond donors (Lipinski definition) is 9. The van der Waals surface area contributed by atoms with E-state index in [1.54, 1.807) is 30.3 Å². The quantitative estimate of drug-likeness (QED) is 0.0664. The van der Waals surface area contributed by atoms with Crippen molar-refractivity contribution >= 4 is 46.7 Å². The molecule has 3 aliphatic heterocycles. The molecule has 65 heavy (non-hydrogen) atoms. The van der Waals surface area contributed by atoms with Crippen LogP contribution in [0.3, 0.4) is 0 Å². The Labute approximate surface area is 382 Å². The summed E-state index contributed by atoms with van der Waals surface area (Å²) in [7, 11) is 0. The Morgan fingerprint density at radius 2 is 1.57 bits per heavy atom. The molecule has 0 bridgehead atoms. The number of fused-ring (bicyclic) bond motifs is 7. The van der Waals surface area contributed by atoms with Crippen molar-refractivity contribution in [1.82, 2.24) is 21.3 Å². The minimum Gasteiger partial charge on any atom is -0.508 e. The zero-order chi connectivity index (χ0) is 46.2. The fraction of sp³-hybridized carbons (Fsp3) is 0.408. The lowest BCUT2D eigenvalue weighted by Crippen LogP contribution is -2.61. The molecule has 1 saturated heterocycles. The maximum atomic E-state index is 14.2. The molecular weight excluding hydrogens is 849 g/mol. The van der Waals surface area contributed by atoms with Gasteiger partial charge in [-0.3, -0.25) is 14.4 Å². The topological polar surface area (TPSA) is 234 Å². The van der Waals surface area contributed by atoms with Crippen LogP contribution in [0.4, 0.5) is 5.69 Å². The number of rotatable bonds is 12. The van der Waals surface area contributed by atoms with Crippen LogP contribution in [0, 0.1) is 11.8 Å². The van der Waals surface area contributed by atoms with Gasteiger partial charge in [0.15, 0.2) is 10.7 Å². The summed E-state index contributed by atoms with van der Waals surface area (Å²) in [4.78, 5) is 53.8. The van der Waals surface area contributed by atoms with Gasteiger partial charge in [0.05, 0.1) is 30.2 Å². The molecule has 3 amide bonds.